The summed E-state index contributed by atoms with van der Waals surface area (Å²) in [6.45, 7) is 0.191. The lowest BCUT2D eigenvalue weighted by Crippen LogP contribution is -2.33. The maximum Gasteiger partial charge on any atom is 0.290 e. The summed E-state index contributed by atoms with van der Waals surface area (Å²) in [5.74, 6) is -0.795. The van der Waals surface area contributed by atoms with Crippen molar-refractivity contribution in [3.63, 3.8) is 0 Å². The van der Waals surface area contributed by atoms with Gasteiger partial charge in [-0.05, 0) is 66.1 Å². The average Bonchev–Trinajstić information content (AvgIpc) is 3.45. The number of ether oxygens (including phenoxy) is 2. The predicted octanol–water partition coefficient (Wildman–Crippen LogP) is 5.63. The highest BCUT2D eigenvalue weighted by Crippen LogP contribution is 2.40. The molecule has 4 aromatic rings. The van der Waals surface area contributed by atoms with E-state index in [1.165, 1.54) is 23.1 Å². The van der Waals surface area contributed by atoms with Crippen molar-refractivity contribution >= 4 is 34.3 Å². The Morgan fingerprint density at radius 3 is 2.42 bits per heavy atom. The minimum Gasteiger partial charge on any atom is -0.508 e. The molecule has 1 aliphatic heterocycles. The molecule has 5 rings (SSSR count). The van der Waals surface area contributed by atoms with Crippen LogP contribution in [0.15, 0.2) is 82.5 Å². The van der Waals surface area contributed by atoms with E-state index in [1.54, 1.807) is 50.6 Å². The quantitative estimate of drug-likeness (QED) is 0.282. The van der Waals surface area contributed by atoms with E-state index in [2.05, 4.69) is 0 Å². The summed E-state index contributed by atoms with van der Waals surface area (Å²) in [5, 5.41) is 21.9. The number of Topliss-reactive ketones (excluding diaryl/α,β-unsaturated/α-hetero) is 1. The molecule has 8 nitrogen and oxygen atoms in total. The number of phenolic OH excluding ortho intramolecular Hbond substituents is 1. The fraction of sp³-hybridized carbons (Fsp3) is 0.172. The highest BCUT2D eigenvalue weighted by Gasteiger charge is 2.44. The Morgan fingerprint density at radius 1 is 0.974 bits per heavy atom. The van der Waals surface area contributed by atoms with Crippen LogP contribution >= 0.6 is 11.6 Å². The maximum absolute atomic E-state index is 13.7. The largest absolute Gasteiger partial charge is 0.508 e. The number of carbonyl (C=O) groups excluding carboxylic acids is 2. The van der Waals surface area contributed by atoms with Crippen LogP contribution < -0.4 is 9.47 Å². The van der Waals surface area contributed by atoms with Gasteiger partial charge in [0.15, 0.2) is 23.0 Å². The van der Waals surface area contributed by atoms with Gasteiger partial charge >= 0.3 is 0 Å². The van der Waals surface area contributed by atoms with Crippen LogP contribution in [0, 0.1) is 0 Å². The van der Waals surface area contributed by atoms with Gasteiger partial charge in [-0.1, -0.05) is 29.8 Å². The molecule has 1 atom stereocenters. The van der Waals surface area contributed by atoms with Crippen LogP contribution in [-0.2, 0) is 11.2 Å². The highest BCUT2D eigenvalue weighted by molar-refractivity contribution is 6.31. The van der Waals surface area contributed by atoms with Gasteiger partial charge in [0.25, 0.3) is 5.91 Å². The Labute approximate surface area is 223 Å². The number of phenols is 1. The summed E-state index contributed by atoms with van der Waals surface area (Å²) in [4.78, 5) is 28.4. The molecule has 0 spiro atoms. The second-order valence-corrected chi connectivity index (χ2v) is 9.25. The monoisotopic (exact) mass is 533 g/mol. The third-order valence-electron chi connectivity index (χ3n) is 6.55. The van der Waals surface area contributed by atoms with E-state index in [0.29, 0.717) is 39.5 Å². The number of hydrogen-bond donors (Lipinski definition) is 2. The molecule has 9 heteroatoms. The average molecular weight is 534 g/mol. The summed E-state index contributed by atoms with van der Waals surface area (Å²) in [5.41, 5.74) is 1.77. The summed E-state index contributed by atoms with van der Waals surface area (Å²) >= 11 is 6.07. The number of carbonyl (C=O) groups is 2. The summed E-state index contributed by atoms with van der Waals surface area (Å²) in [6, 6.07) is 17.2. The van der Waals surface area contributed by atoms with Crippen molar-refractivity contribution < 1.29 is 33.7 Å². The summed E-state index contributed by atoms with van der Waals surface area (Å²) < 4.78 is 16.4. The van der Waals surface area contributed by atoms with E-state index >= 15 is 0 Å². The SMILES string of the molecule is COc1ccc(CCN2C(=O)C(O)=C(C(=O)c3cc4cc(Cl)ccc4o3)C2c2ccc(O)cc2)cc1OC. The molecule has 2 heterocycles. The molecule has 1 aliphatic rings. The predicted molar refractivity (Wildman–Crippen MR) is 141 cm³/mol. The first-order valence-electron chi connectivity index (χ1n) is 11.8. The van der Waals surface area contributed by atoms with Crippen LogP contribution in [0.3, 0.4) is 0 Å². The van der Waals surface area contributed by atoms with Crippen LogP contribution in [0.25, 0.3) is 11.0 Å². The number of halogens is 1. The van der Waals surface area contributed by atoms with E-state index in [4.69, 9.17) is 25.5 Å². The van der Waals surface area contributed by atoms with Crippen LogP contribution in [0.4, 0.5) is 0 Å². The molecule has 194 valence electrons. The van der Waals surface area contributed by atoms with Crippen LogP contribution in [-0.4, -0.2) is 47.6 Å². The maximum atomic E-state index is 13.7. The molecule has 1 aromatic heterocycles. The molecule has 0 saturated carbocycles. The minimum absolute atomic E-state index is 0.0258. The topological polar surface area (TPSA) is 109 Å². The van der Waals surface area contributed by atoms with E-state index in [9.17, 15) is 19.8 Å². The molecule has 0 aliphatic carbocycles. The lowest BCUT2D eigenvalue weighted by atomic mass is 9.94. The molecule has 38 heavy (non-hydrogen) atoms. The second kappa shape index (κ2) is 10.1. The summed E-state index contributed by atoms with van der Waals surface area (Å²) in [6.07, 6.45) is 0.415. The number of rotatable bonds is 8. The van der Waals surface area contributed by atoms with E-state index in [0.717, 1.165) is 5.56 Å². The Balaban J connectivity index is 1.50. The fourth-order valence-electron chi connectivity index (χ4n) is 4.66. The smallest absolute Gasteiger partial charge is 0.290 e. The fourth-order valence-corrected chi connectivity index (χ4v) is 4.84. The van der Waals surface area contributed by atoms with Gasteiger partial charge in [-0.2, -0.15) is 0 Å². The van der Waals surface area contributed by atoms with E-state index in [-0.39, 0.29) is 23.6 Å². The van der Waals surface area contributed by atoms with Gasteiger partial charge in [0.1, 0.15) is 11.3 Å². The van der Waals surface area contributed by atoms with Crippen LogP contribution in [0.1, 0.15) is 27.7 Å². The molecular weight excluding hydrogens is 510 g/mol. The highest BCUT2D eigenvalue weighted by atomic mass is 35.5. The normalized spacial score (nSPS) is 15.4. The first-order chi connectivity index (χ1) is 18.3. The number of benzene rings is 3. The molecule has 0 fully saturated rings. The number of hydrogen-bond acceptors (Lipinski definition) is 7. The number of aliphatic hydroxyl groups is 1. The van der Waals surface area contributed by atoms with Gasteiger partial charge in [-0.15, -0.1) is 0 Å². The molecule has 2 N–H and O–H groups in total. The van der Waals surface area contributed by atoms with Gasteiger partial charge in [0, 0.05) is 17.0 Å². The van der Waals surface area contributed by atoms with Crippen molar-refractivity contribution in [2.45, 2.75) is 12.5 Å². The van der Waals surface area contributed by atoms with Gasteiger partial charge < -0.3 is 29.0 Å². The number of furan rings is 1. The zero-order chi connectivity index (χ0) is 27.0. The zero-order valence-corrected chi connectivity index (χ0v) is 21.4. The number of fused-ring (bicyclic) bond motifs is 1. The van der Waals surface area contributed by atoms with Crippen molar-refractivity contribution in [2.75, 3.05) is 20.8 Å². The lowest BCUT2D eigenvalue weighted by molar-refractivity contribution is -0.129. The van der Waals surface area contributed by atoms with Crippen molar-refractivity contribution in [3.8, 4) is 17.2 Å². The number of amides is 1. The van der Waals surface area contributed by atoms with Crippen molar-refractivity contribution in [2.24, 2.45) is 0 Å². The molecule has 1 amide bonds. The molecule has 0 radical (unpaired) electrons. The van der Waals surface area contributed by atoms with Crippen molar-refractivity contribution in [3.05, 3.63) is 100.0 Å². The first-order valence-corrected chi connectivity index (χ1v) is 12.2. The number of aromatic hydroxyl groups is 1. The third kappa shape index (κ3) is 4.54. The summed E-state index contributed by atoms with van der Waals surface area (Å²) in [7, 11) is 3.09. The van der Waals surface area contributed by atoms with Crippen LogP contribution in [0.5, 0.6) is 17.2 Å². The third-order valence-corrected chi connectivity index (χ3v) is 6.78. The number of aliphatic hydroxyl groups excluding tert-OH is 1. The second-order valence-electron chi connectivity index (χ2n) is 8.82. The molecule has 1 unspecified atom stereocenters. The molecule has 0 bridgehead atoms. The lowest BCUT2D eigenvalue weighted by Gasteiger charge is -2.27. The Kier molecular flexibility index (Phi) is 6.73. The van der Waals surface area contributed by atoms with Gasteiger partial charge in [0.2, 0.25) is 5.78 Å². The number of methoxy groups -OCH3 is 2. The Morgan fingerprint density at radius 2 is 1.71 bits per heavy atom. The van der Waals surface area contributed by atoms with E-state index < -0.39 is 23.5 Å². The minimum atomic E-state index is -0.896. The standard InChI is InChI=1S/C29H24ClNO7/c1-36-22-9-3-16(13-23(22)37-2)11-12-31-26(17-4-7-20(32)8-5-17)25(28(34)29(31)35)27(33)24-15-18-14-19(30)6-10-21(18)38-24/h3-10,13-15,26,32,34H,11-12H2,1-2H3. The van der Waals surface area contributed by atoms with Crippen molar-refractivity contribution in [1.82, 2.24) is 4.90 Å². The zero-order valence-electron chi connectivity index (χ0n) is 20.6. The van der Waals surface area contributed by atoms with Gasteiger partial charge in [0.05, 0.1) is 25.8 Å². The molecule has 0 saturated heterocycles. The molecular formula is C29H24ClNO7. The van der Waals surface area contributed by atoms with Crippen LogP contribution in [0.2, 0.25) is 5.02 Å². The Bertz CT molecular complexity index is 1570. The van der Waals surface area contributed by atoms with Gasteiger partial charge in [-0.25, -0.2) is 0 Å². The number of nitrogens with zero attached hydrogens (tertiary/aromatic N) is 1. The Hall–Kier alpha value is -4.43. The number of ketones is 1. The first kappa shape index (κ1) is 25.2. The van der Waals surface area contributed by atoms with Gasteiger partial charge in [-0.3, -0.25) is 9.59 Å². The van der Waals surface area contributed by atoms with E-state index in [1.807, 2.05) is 12.1 Å². The molecule has 3 aromatic carbocycles. The van der Waals surface area contributed by atoms with Crippen molar-refractivity contribution in [1.29, 1.82) is 0 Å².